The van der Waals surface area contributed by atoms with Crippen LogP contribution >= 0.6 is 0 Å². The van der Waals surface area contributed by atoms with Crippen LogP contribution in [0, 0.1) is 18.8 Å². The molecule has 1 aromatic heterocycles. The lowest BCUT2D eigenvalue weighted by Gasteiger charge is -2.40. The van der Waals surface area contributed by atoms with Crippen molar-refractivity contribution in [3.63, 3.8) is 0 Å². The van der Waals surface area contributed by atoms with Crippen LogP contribution < -0.4 is 4.74 Å². The van der Waals surface area contributed by atoms with Gasteiger partial charge in [0.1, 0.15) is 11.4 Å². The van der Waals surface area contributed by atoms with Crippen molar-refractivity contribution in [2.75, 3.05) is 39.4 Å². The van der Waals surface area contributed by atoms with Gasteiger partial charge in [0, 0.05) is 63.4 Å². The van der Waals surface area contributed by atoms with Crippen LogP contribution in [0.2, 0.25) is 0 Å². The molecule has 31 heavy (non-hydrogen) atoms. The van der Waals surface area contributed by atoms with E-state index in [1.165, 1.54) is 0 Å². The van der Waals surface area contributed by atoms with Gasteiger partial charge in [-0.3, -0.25) is 14.4 Å². The summed E-state index contributed by atoms with van der Waals surface area (Å²) in [4.78, 5) is 17.2. The van der Waals surface area contributed by atoms with Crippen molar-refractivity contribution >= 4 is 5.91 Å². The molecule has 3 aliphatic heterocycles. The number of rotatable bonds is 6. The topological polar surface area (TPSA) is 80.1 Å². The van der Waals surface area contributed by atoms with Gasteiger partial charge in [0.05, 0.1) is 18.8 Å². The third-order valence-electron chi connectivity index (χ3n) is 6.97. The van der Waals surface area contributed by atoms with Crippen LogP contribution in [0.25, 0.3) is 0 Å². The third kappa shape index (κ3) is 3.84. The van der Waals surface area contributed by atoms with Crippen LogP contribution in [0.3, 0.4) is 0 Å². The zero-order chi connectivity index (χ0) is 21.6. The fourth-order valence-electron chi connectivity index (χ4n) is 5.52. The van der Waals surface area contributed by atoms with Gasteiger partial charge in [-0.2, -0.15) is 5.10 Å². The lowest BCUT2D eigenvalue weighted by Crippen LogP contribution is -2.56. The Kier molecular flexibility index (Phi) is 5.24. The van der Waals surface area contributed by atoms with Gasteiger partial charge in [-0.25, -0.2) is 0 Å². The lowest BCUT2D eigenvalue weighted by molar-refractivity contribution is -0.155. The standard InChI is InChI=1S/C23H30N4O4/c1-16-3-5-18(6-4-16)30-13-22(29)27-11-21-19(12-28)20-10-26(14-23(20,15-27)31-21)9-17-7-24-25(2)8-17/h3-8,19-21,28H,9-15H2,1-2H3/t19-,20+,21+,23-/m0/s1. The molecule has 8 nitrogen and oxygen atoms in total. The van der Waals surface area contributed by atoms with E-state index in [0.29, 0.717) is 18.8 Å². The Balaban J connectivity index is 1.26. The SMILES string of the molecule is Cc1ccc(OCC(=O)N2C[C@H]3O[C@@]4(CN(Cc5cnn(C)c5)C[C@@H]4[C@@H]3CO)C2)cc1. The highest BCUT2D eigenvalue weighted by atomic mass is 16.5. The highest BCUT2D eigenvalue weighted by molar-refractivity contribution is 5.78. The summed E-state index contributed by atoms with van der Waals surface area (Å²) in [7, 11) is 1.92. The number of aromatic nitrogens is 2. The van der Waals surface area contributed by atoms with E-state index in [2.05, 4.69) is 10.00 Å². The predicted octanol–water partition coefficient (Wildman–Crippen LogP) is 0.828. The van der Waals surface area contributed by atoms with Crippen LogP contribution in [-0.4, -0.2) is 81.7 Å². The van der Waals surface area contributed by atoms with E-state index in [1.54, 1.807) is 0 Å². The summed E-state index contributed by atoms with van der Waals surface area (Å²) in [5, 5.41) is 14.4. The largest absolute Gasteiger partial charge is 0.484 e. The first kappa shape index (κ1) is 20.5. The summed E-state index contributed by atoms with van der Waals surface area (Å²) in [6.45, 7) is 5.58. The van der Waals surface area contributed by atoms with E-state index < -0.39 is 5.60 Å². The second-order valence-corrected chi connectivity index (χ2v) is 9.24. The predicted molar refractivity (Wildman–Crippen MR) is 113 cm³/mol. The monoisotopic (exact) mass is 426 g/mol. The molecule has 3 saturated heterocycles. The number of fused-ring (bicyclic) bond motifs is 1. The average molecular weight is 427 g/mol. The first-order valence-electron chi connectivity index (χ1n) is 10.9. The van der Waals surface area contributed by atoms with Gasteiger partial charge in [-0.1, -0.05) is 17.7 Å². The molecule has 4 heterocycles. The number of aliphatic hydroxyl groups excluding tert-OH is 1. The Morgan fingerprint density at radius 1 is 1.29 bits per heavy atom. The van der Waals surface area contributed by atoms with Crippen molar-refractivity contribution in [3.8, 4) is 5.75 Å². The third-order valence-corrected chi connectivity index (χ3v) is 6.97. The van der Waals surface area contributed by atoms with E-state index in [1.807, 2.05) is 60.2 Å². The molecule has 1 aromatic carbocycles. The number of nitrogens with zero attached hydrogens (tertiary/aromatic N) is 4. The molecule has 4 atom stereocenters. The number of hydrogen-bond acceptors (Lipinski definition) is 6. The van der Waals surface area contributed by atoms with Crippen molar-refractivity contribution < 1.29 is 19.4 Å². The number of benzene rings is 1. The fourth-order valence-corrected chi connectivity index (χ4v) is 5.52. The summed E-state index contributed by atoms with van der Waals surface area (Å²) in [5.41, 5.74) is 1.89. The average Bonchev–Trinajstić information content (AvgIpc) is 3.36. The quantitative estimate of drug-likeness (QED) is 0.737. The first-order valence-corrected chi connectivity index (χ1v) is 10.9. The number of morpholine rings is 1. The molecule has 2 aromatic rings. The minimum Gasteiger partial charge on any atom is -0.484 e. The molecular weight excluding hydrogens is 396 g/mol. The summed E-state index contributed by atoms with van der Waals surface area (Å²) in [6.07, 6.45) is 3.79. The maximum Gasteiger partial charge on any atom is 0.260 e. The number of carbonyl (C=O) groups is 1. The minimum absolute atomic E-state index is 0.0136. The van der Waals surface area contributed by atoms with Gasteiger partial charge in [-0.15, -0.1) is 0 Å². The second-order valence-electron chi connectivity index (χ2n) is 9.24. The molecule has 0 saturated carbocycles. The van der Waals surface area contributed by atoms with Crippen LogP contribution in [0.15, 0.2) is 36.7 Å². The van der Waals surface area contributed by atoms with Crippen LogP contribution in [-0.2, 0) is 23.1 Å². The summed E-state index contributed by atoms with van der Waals surface area (Å²) in [5.74, 6) is 0.934. The first-order chi connectivity index (χ1) is 15.0. The maximum atomic E-state index is 13.0. The lowest BCUT2D eigenvalue weighted by atomic mass is 9.83. The van der Waals surface area contributed by atoms with Crippen molar-refractivity contribution in [1.82, 2.24) is 19.6 Å². The normalized spacial score (nSPS) is 29.9. The molecule has 0 unspecified atom stereocenters. The fraction of sp³-hybridized carbons (Fsp3) is 0.565. The van der Waals surface area contributed by atoms with Crippen molar-refractivity contribution in [3.05, 3.63) is 47.8 Å². The van der Waals surface area contributed by atoms with Crippen molar-refractivity contribution in [1.29, 1.82) is 0 Å². The van der Waals surface area contributed by atoms with Gasteiger partial charge in [0.2, 0.25) is 0 Å². The van der Waals surface area contributed by atoms with Gasteiger partial charge in [0.15, 0.2) is 6.61 Å². The second kappa shape index (κ2) is 7.93. The highest BCUT2D eigenvalue weighted by Gasteiger charge is 2.62. The summed E-state index contributed by atoms with van der Waals surface area (Å²) < 4.78 is 14.0. The van der Waals surface area contributed by atoms with Gasteiger partial charge < -0.3 is 19.5 Å². The molecule has 0 radical (unpaired) electrons. The van der Waals surface area contributed by atoms with Gasteiger partial charge >= 0.3 is 0 Å². The number of carbonyl (C=O) groups excluding carboxylic acids is 1. The molecule has 2 bridgehead atoms. The number of hydrogen-bond donors (Lipinski definition) is 1. The molecule has 1 N–H and O–H groups in total. The Labute approximate surface area is 182 Å². The molecule has 3 fully saturated rings. The molecular formula is C23H30N4O4. The van der Waals surface area contributed by atoms with Crippen LogP contribution in [0.5, 0.6) is 5.75 Å². The van der Waals surface area contributed by atoms with Crippen molar-refractivity contribution in [2.45, 2.75) is 25.2 Å². The van der Waals surface area contributed by atoms with E-state index >= 15 is 0 Å². The Hall–Kier alpha value is -2.42. The van der Waals surface area contributed by atoms with Crippen LogP contribution in [0.1, 0.15) is 11.1 Å². The molecule has 5 rings (SSSR count). The Morgan fingerprint density at radius 3 is 2.81 bits per heavy atom. The van der Waals surface area contributed by atoms with E-state index in [9.17, 15) is 9.90 Å². The summed E-state index contributed by atoms with van der Waals surface area (Å²) >= 11 is 0. The smallest absolute Gasteiger partial charge is 0.260 e. The Bertz CT molecular complexity index is 945. The van der Waals surface area contributed by atoms with E-state index in [0.717, 1.165) is 30.8 Å². The number of amides is 1. The molecule has 166 valence electrons. The highest BCUT2D eigenvalue weighted by Crippen LogP contribution is 2.49. The number of likely N-dealkylation sites (tertiary alicyclic amines) is 2. The summed E-state index contributed by atoms with van der Waals surface area (Å²) in [6, 6.07) is 7.71. The van der Waals surface area contributed by atoms with E-state index in [4.69, 9.17) is 9.47 Å². The maximum absolute atomic E-state index is 13.0. The molecule has 3 aliphatic rings. The van der Waals surface area contributed by atoms with Gasteiger partial charge in [0.25, 0.3) is 5.91 Å². The zero-order valence-electron chi connectivity index (χ0n) is 18.1. The number of aryl methyl sites for hydroxylation is 2. The van der Waals surface area contributed by atoms with E-state index in [-0.39, 0.29) is 37.1 Å². The minimum atomic E-state index is -0.419. The number of aliphatic hydroxyl groups is 1. The Morgan fingerprint density at radius 2 is 2.10 bits per heavy atom. The molecule has 1 amide bonds. The van der Waals surface area contributed by atoms with Gasteiger partial charge in [-0.05, 0) is 19.1 Å². The molecule has 0 aliphatic carbocycles. The van der Waals surface area contributed by atoms with Crippen LogP contribution in [0.4, 0.5) is 0 Å². The molecule has 1 spiro atoms. The van der Waals surface area contributed by atoms with Crippen molar-refractivity contribution in [2.24, 2.45) is 18.9 Å². The zero-order valence-corrected chi connectivity index (χ0v) is 18.1. The number of ether oxygens (including phenoxy) is 2. The molecule has 8 heteroatoms.